The summed E-state index contributed by atoms with van der Waals surface area (Å²) >= 11 is 0.798. The van der Waals surface area contributed by atoms with Crippen LogP contribution in [0.15, 0.2) is 5.38 Å². The van der Waals surface area contributed by atoms with E-state index < -0.39 is 17.6 Å². The van der Waals surface area contributed by atoms with Crippen LogP contribution < -0.4 is 0 Å². The molecule has 0 atom stereocenters. The Morgan fingerprint density at radius 1 is 1.33 bits per heavy atom. The van der Waals surface area contributed by atoms with Crippen molar-refractivity contribution in [2.45, 2.75) is 43.7 Å². The van der Waals surface area contributed by atoms with E-state index in [4.69, 9.17) is 5.11 Å². The Hall–Kier alpha value is -1.11. The van der Waals surface area contributed by atoms with Crippen LogP contribution in [0.25, 0.3) is 0 Å². The number of alkyl halides is 3. The minimum Gasteiger partial charge on any atom is -0.476 e. The maximum Gasteiger partial charge on any atom is 0.400 e. The molecule has 0 aliphatic heterocycles. The maximum atomic E-state index is 13.3. The quantitative estimate of drug-likeness (QED) is 0.899. The first kappa shape index (κ1) is 13.3. The molecule has 1 saturated carbocycles. The van der Waals surface area contributed by atoms with E-state index in [-0.39, 0.29) is 23.5 Å². The molecule has 100 valence electrons. The predicted molar refractivity (Wildman–Crippen MR) is 59.9 cm³/mol. The molecule has 1 aliphatic carbocycles. The fraction of sp³-hybridized carbons (Fsp3) is 0.636. The third-order valence-corrected chi connectivity index (χ3v) is 4.43. The minimum absolute atomic E-state index is 0.00305. The molecule has 0 aromatic carbocycles. The van der Waals surface area contributed by atoms with Gasteiger partial charge in [-0.1, -0.05) is 19.3 Å². The summed E-state index contributed by atoms with van der Waals surface area (Å²) in [6.07, 6.45) is -2.58. The van der Waals surface area contributed by atoms with Crippen molar-refractivity contribution < 1.29 is 23.1 Å². The number of carboxylic acids is 1. The molecule has 2 rings (SSSR count). The highest BCUT2D eigenvalue weighted by Crippen LogP contribution is 2.51. The molecular weight excluding hydrogens is 267 g/mol. The monoisotopic (exact) mass is 279 g/mol. The van der Waals surface area contributed by atoms with Crippen LogP contribution in [0.3, 0.4) is 0 Å². The molecule has 0 spiro atoms. The Morgan fingerprint density at radius 2 is 1.94 bits per heavy atom. The number of halogens is 3. The van der Waals surface area contributed by atoms with Crippen LogP contribution in [-0.2, 0) is 5.41 Å². The van der Waals surface area contributed by atoms with Gasteiger partial charge in [-0.3, -0.25) is 0 Å². The van der Waals surface area contributed by atoms with Gasteiger partial charge in [0.25, 0.3) is 0 Å². The Morgan fingerprint density at radius 3 is 2.39 bits per heavy atom. The Balaban J connectivity index is 2.42. The molecule has 18 heavy (non-hydrogen) atoms. The van der Waals surface area contributed by atoms with Crippen molar-refractivity contribution in [3.8, 4) is 0 Å². The van der Waals surface area contributed by atoms with Crippen LogP contribution >= 0.6 is 11.3 Å². The lowest BCUT2D eigenvalue weighted by molar-refractivity contribution is -0.199. The SMILES string of the molecule is O=C(O)c1csc(C2(C(F)(F)F)CCCCC2)n1. The van der Waals surface area contributed by atoms with Gasteiger partial charge in [-0.15, -0.1) is 11.3 Å². The van der Waals surface area contributed by atoms with E-state index in [0.29, 0.717) is 12.8 Å². The number of nitrogens with zero attached hydrogens (tertiary/aromatic N) is 1. The lowest BCUT2D eigenvalue weighted by atomic mass is 9.74. The lowest BCUT2D eigenvalue weighted by Gasteiger charge is -2.37. The van der Waals surface area contributed by atoms with Crippen LogP contribution in [0, 0.1) is 0 Å². The number of carbonyl (C=O) groups is 1. The second-order valence-electron chi connectivity index (χ2n) is 4.48. The smallest absolute Gasteiger partial charge is 0.400 e. The second kappa shape index (κ2) is 4.53. The average molecular weight is 279 g/mol. The molecule has 0 bridgehead atoms. The van der Waals surface area contributed by atoms with E-state index in [1.54, 1.807) is 0 Å². The summed E-state index contributed by atoms with van der Waals surface area (Å²) in [6, 6.07) is 0. The molecule has 1 N–H and O–H groups in total. The van der Waals surface area contributed by atoms with Crippen molar-refractivity contribution in [3.63, 3.8) is 0 Å². The first-order valence-electron chi connectivity index (χ1n) is 5.63. The largest absolute Gasteiger partial charge is 0.476 e. The van der Waals surface area contributed by atoms with Crippen LogP contribution in [0.2, 0.25) is 0 Å². The number of carboxylic acid groups (broad SMARTS) is 1. The van der Waals surface area contributed by atoms with Gasteiger partial charge in [-0.05, 0) is 12.8 Å². The number of aromatic nitrogens is 1. The number of aromatic carboxylic acids is 1. The van der Waals surface area contributed by atoms with Gasteiger partial charge < -0.3 is 5.11 Å². The van der Waals surface area contributed by atoms with Gasteiger partial charge in [-0.2, -0.15) is 13.2 Å². The van der Waals surface area contributed by atoms with E-state index in [1.807, 2.05) is 0 Å². The zero-order chi connectivity index (χ0) is 13.4. The van der Waals surface area contributed by atoms with Gasteiger partial charge in [0.15, 0.2) is 5.69 Å². The molecule has 1 aliphatic rings. The van der Waals surface area contributed by atoms with Gasteiger partial charge in [0.1, 0.15) is 10.4 Å². The van der Waals surface area contributed by atoms with E-state index in [0.717, 1.165) is 17.8 Å². The summed E-state index contributed by atoms with van der Waals surface area (Å²) in [5, 5.41) is 9.82. The first-order valence-corrected chi connectivity index (χ1v) is 6.51. The topological polar surface area (TPSA) is 50.2 Å². The van der Waals surface area contributed by atoms with Crippen molar-refractivity contribution in [3.05, 3.63) is 16.1 Å². The zero-order valence-corrected chi connectivity index (χ0v) is 10.3. The summed E-state index contributed by atoms with van der Waals surface area (Å²) in [6.45, 7) is 0. The molecular formula is C11H12F3NO2S. The average Bonchev–Trinajstić information content (AvgIpc) is 2.78. The zero-order valence-electron chi connectivity index (χ0n) is 9.46. The predicted octanol–water partition coefficient (Wildman–Crippen LogP) is 3.61. The number of hydrogen-bond donors (Lipinski definition) is 1. The Kier molecular flexibility index (Phi) is 3.35. The summed E-state index contributed by atoms with van der Waals surface area (Å²) < 4.78 is 39.9. The highest BCUT2D eigenvalue weighted by atomic mass is 32.1. The summed E-state index contributed by atoms with van der Waals surface area (Å²) in [7, 11) is 0. The van der Waals surface area contributed by atoms with Crippen LogP contribution in [0.4, 0.5) is 13.2 Å². The molecule has 0 unspecified atom stereocenters. The van der Waals surface area contributed by atoms with E-state index >= 15 is 0 Å². The highest BCUT2D eigenvalue weighted by Gasteiger charge is 2.57. The van der Waals surface area contributed by atoms with Crippen molar-refractivity contribution in [1.29, 1.82) is 0 Å². The number of hydrogen-bond acceptors (Lipinski definition) is 3. The second-order valence-corrected chi connectivity index (χ2v) is 5.34. The molecule has 0 saturated heterocycles. The molecule has 0 amide bonds. The third kappa shape index (κ3) is 2.11. The normalized spacial score (nSPS) is 19.7. The molecule has 3 nitrogen and oxygen atoms in total. The first-order chi connectivity index (χ1) is 8.37. The highest BCUT2D eigenvalue weighted by molar-refractivity contribution is 7.10. The molecule has 0 radical (unpaired) electrons. The number of rotatable bonds is 2. The Bertz CT molecular complexity index is 449. The van der Waals surface area contributed by atoms with Crippen LogP contribution in [-0.4, -0.2) is 22.2 Å². The van der Waals surface area contributed by atoms with Crippen molar-refractivity contribution in [2.24, 2.45) is 0 Å². The fourth-order valence-electron chi connectivity index (χ4n) is 2.37. The minimum atomic E-state index is -4.37. The number of thiazole rings is 1. The van der Waals surface area contributed by atoms with E-state index in [1.165, 1.54) is 5.38 Å². The lowest BCUT2D eigenvalue weighted by Crippen LogP contribution is -2.44. The molecule has 1 heterocycles. The van der Waals surface area contributed by atoms with Gasteiger partial charge in [0, 0.05) is 5.38 Å². The molecule has 7 heteroatoms. The molecule has 1 aromatic heterocycles. The van der Waals surface area contributed by atoms with Crippen molar-refractivity contribution >= 4 is 17.3 Å². The summed E-state index contributed by atoms with van der Waals surface area (Å²) in [5.74, 6) is -1.29. The van der Waals surface area contributed by atoms with Crippen LogP contribution in [0.1, 0.15) is 47.6 Å². The summed E-state index contributed by atoms with van der Waals surface area (Å²) in [4.78, 5) is 14.4. The van der Waals surface area contributed by atoms with Gasteiger partial charge in [0.05, 0.1) is 0 Å². The van der Waals surface area contributed by atoms with E-state index in [9.17, 15) is 18.0 Å². The van der Waals surface area contributed by atoms with E-state index in [2.05, 4.69) is 4.98 Å². The fourth-order valence-corrected chi connectivity index (χ4v) is 3.44. The Labute approximate surface area is 106 Å². The van der Waals surface area contributed by atoms with Crippen molar-refractivity contribution in [2.75, 3.05) is 0 Å². The molecule has 1 fully saturated rings. The van der Waals surface area contributed by atoms with Gasteiger partial charge in [0.2, 0.25) is 0 Å². The van der Waals surface area contributed by atoms with Crippen LogP contribution in [0.5, 0.6) is 0 Å². The van der Waals surface area contributed by atoms with Gasteiger partial charge >= 0.3 is 12.1 Å². The van der Waals surface area contributed by atoms with Crippen molar-refractivity contribution in [1.82, 2.24) is 4.98 Å². The standard InChI is InChI=1S/C11H12F3NO2S/c12-11(13,14)10(4-2-1-3-5-10)9-15-7(6-18-9)8(16)17/h6H,1-5H2,(H,16,17). The third-order valence-electron chi connectivity index (χ3n) is 3.38. The summed E-state index contributed by atoms with van der Waals surface area (Å²) in [5.41, 5.74) is -2.24. The molecule has 1 aromatic rings. The maximum absolute atomic E-state index is 13.3. The van der Waals surface area contributed by atoms with Gasteiger partial charge in [-0.25, -0.2) is 9.78 Å².